The van der Waals surface area contributed by atoms with Crippen LogP contribution in [0.25, 0.3) is 0 Å². The first-order valence-corrected chi connectivity index (χ1v) is 5.48. The predicted octanol–water partition coefficient (Wildman–Crippen LogP) is 1.87. The van der Waals surface area contributed by atoms with Gasteiger partial charge in [0.25, 0.3) is 0 Å². The van der Waals surface area contributed by atoms with Crippen molar-refractivity contribution in [3.63, 3.8) is 0 Å². The smallest absolute Gasteiger partial charge is 0.229 e. The summed E-state index contributed by atoms with van der Waals surface area (Å²) < 4.78 is 0. The molecule has 3 heteroatoms. The Morgan fingerprint density at radius 1 is 1.36 bits per heavy atom. The van der Waals surface area contributed by atoms with Gasteiger partial charge in [-0.25, -0.2) is 0 Å². The molecule has 0 radical (unpaired) electrons. The van der Waals surface area contributed by atoms with Crippen LogP contribution in [-0.2, 0) is 9.59 Å². The lowest BCUT2D eigenvalue weighted by atomic mass is 9.83. The lowest BCUT2D eigenvalue weighted by molar-refractivity contribution is -0.138. The molecule has 1 heterocycles. The van der Waals surface area contributed by atoms with Gasteiger partial charge in [0.1, 0.15) is 0 Å². The van der Waals surface area contributed by atoms with Crippen LogP contribution in [-0.4, -0.2) is 11.8 Å². The maximum atomic E-state index is 11.3. The van der Waals surface area contributed by atoms with Gasteiger partial charge in [-0.2, -0.15) is 0 Å². The fourth-order valence-electron chi connectivity index (χ4n) is 1.94. The third-order valence-corrected chi connectivity index (χ3v) is 3.01. The molecular weight excluding hydrogens is 178 g/mol. The Kier molecular flexibility index (Phi) is 4.11. The lowest BCUT2D eigenvalue weighted by Gasteiger charge is -2.27. The van der Waals surface area contributed by atoms with Gasteiger partial charge in [0, 0.05) is 12.3 Å². The van der Waals surface area contributed by atoms with Crippen molar-refractivity contribution in [2.24, 2.45) is 11.8 Å². The molecule has 14 heavy (non-hydrogen) atoms. The summed E-state index contributed by atoms with van der Waals surface area (Å²) in [5.41, 5.74) is 0. The van der Waals surface area contributed by atoms with Gasteiger partial charge >= 0.3 is 0 Å². The quantitative estimate of drug-likeness (QED) is 0.552. The summed E-state index contributed by atoms with van der Waals surface area (Å²) in [7, 11) is 0. The summed E-state index contributed by atoms with van der Waals surface area (Å²) in [5, 5.41) is 2.37. The zero-order chi connectivity index (χ0) is 10.6. The summed E-state index contributed by atoms with van der Waals surface area (Å²) in [6.45, 7) is 4.07. The number of nitrogens with one attached hydrogen (secondary N) is 1. The maximum absolute atomic E-state index is 11.3. The zero-order valence-electron chi connectivity index (χ0n) is 9.01. The Labute approximate surface area is 85.3 Å². The van der Waals surface area contributed by atoms with E-state index >= 15 is 0 Å². The van der Waals surface area contributed by atoms with Gasteiger partial charge < -0.3 is 0 Å². The summed E-state index contributed by atoms with van der Waals surface area (Å²) >= 11 is 0. The van der Waals surface area contributed by atoms with E-state index in [1.54, 1.807) is 0 Å². The van der Waals surface area contributed by atoms with Crippen molar-refractivity contribution >= 4 is 11.8 Å². The molecule has 1 fully saturated rings. The minimum Gasteiger partial charge on any atom is -0.296 e. The summed E-state index contributed by atoms with van der Waals surface area (Å²) in [4.78, 5) is 22.4. The molecule has 1 saturated heterocycles. The molecule has 1 aliphatic rings. The van der Waals surface area contributed by atoms with Crippen molar-refractivity contribution < 1.29 is 9.59 Å². The maximum Gasteiger partial charge on any atom is 0.229 e. The Balaban J connectivity index is 2.41. The van der Waals surface area contributed by atoms with Crippen LogP contribution in [0.2, 0.25) is 0 Å². The van der Waals surface area contributed by atoms with Crippen LogP contribution in [0.1, 0.15) is 46.0 Å². The fourth-order valence-corrected chi connectivity index (χ4v) is 1.94. The highest BCUT2D eigenvalue weighted by Crippen LogP contribution is 2.25. The second-order valence-electron chi connectivity index (χ2n) is 4.16. The molecule has 0 saturated carbocycles. The number of piperidine rings is 1. The Morgan fingerprint density at radius 3 is 2.71 bits per heavy atom. The highest BCUT2D eigenvalue weighted by atomic mass is 16.2. The average molecular weight is 197 g/mol. The van der Waals surface area contributed by atoms with E-state index in [-0.39, 0.29) is 23.7 Å². The first-order chi connectivity index (χ1) is 6.65. The predicted molar refractivity (Wildman–Crippen MR) is 54.6 cm³/mol. The highest BCUT2D eigenvalue weighted by molar-refractivity contribution is 5.98. The standard InChI is InChI=1S/C11H19NO2/c1-3-4-5-6-9-7-10(13)12-11(14)8(9)2/h8-9H,3-7H2,1-2H3,(H,12,13,14). The van der Waals surface area contributed by atoms with E-state index in [0.717, 1.165) is 12.8 Å². The molecule has 1 N–H and O–H groups in total. The first kappa shape index (κ1) is 11.2. The molecule has 80 valence electrons. The van der Waals surface area contributed by atoms with Crippen molar-refractivity contribution in [3.8, 4) is 0 Å². The van der Waals surface area contributed by atoms with Gasteiger partial charge in [-0.05, 0) is 12.3 Å². The largest absolute Gasteiger partial charge is 0.296 e. The van der Waals surface area contributed by atoms with Crippen molar-refractivity contribution in [1.29, 1.82) is 0 Å². The van der Waals surface area contributed by atoms with Crippen LogP contribution in [0.3, 0.4) is 0 Å². The molecule has 1 rings (SSSR count). The second-order valence-corrected chi connectivity index (χ2v) is 4.16. The average Bonchev–Trinajstić information content (AvgIpc) is 2.13. The van der Waals surface area contributed by atoms with E-state index in [0.29, 0.717) is 6.42 Å². The van der Waals surface area contributed by atoms with Gasteiger partial charge in [-0.1, -0.05) is 33.1 Å². The fraction of sp³-hybridized carbons (Fsp3) is 0.818. The van der Waals surface area contributed by atoms with Gasteiger partial charge in [-0.3, -0.25) is 14.9 Å². The molecule has 3 nitrogen and oxygen atoms in total. The number of amides is 2. The van der Waals surface area contributed by atoms with Crippen molar-refractivity contribution in [1.82, 2.24) is 5.32 Å². The topological polar surface area (TPSA) is 46.2 Å². The third-order valence-electron chi connectivity index (χ3n) is 3.01. The molecule has 0 aromatic rings. The van der Waals surface area contributed by atoms with Crippen LogP contribution in [0.4, 0.5) is 0 Å². The molecule has 0 aliphatic carbocycles. The van der Waals surface area contributed by atoms with Crippen molar-refractivity contribution in [2.75, 3.05) is 0 Å². The van der Waals surface area contributed by atoms with Crippen LogP contribution in [0.5, 0.6) is 0 Å². The second kappa shape index (κ2) is 5.13. The summed E-state index contributed by atoms with van der Waals surface area (Å²) in [5.74, 6) is 0.0738. The highest BCUT2D eigenvalue weighted by Gasteiger charge is 2.31. The van der Waals surface area contributed by atoms with Crippen molar-refractivity contribution in [2.45, 2.75) is 46.0 Å². The SMILES string of the molecule is CCCCCC1CC(=O)NC(=O)C1C. The number of hydrogen-bond acceptors (Lipinski definition) is 2. The van der Waals surface area contributed by atoms with Gasteiger partial charge in [-0.15, -0.1) is 0 Å². The molecule has 2 amide bonds. The molecule has 1 aliphatic heterocycles. The monoisotopic (exact) mass is 197 g/mol. The molecule has 2 atom stereocenters. The van der Waals surface area contributed by atoms with E-state index in [1.165, 1.54) is 12.8 Å². The molecule has 0 spiro atoms. The minimum atomic E-state index is -0.102. The number of carbonyl (C=O) groups excluding carboxylic acids is 2. The van der Waals surface area contributed by atoms with Crippen LogP contribution in [0.15, 0.2) is 0 Å². The molecule has 0 bridgehead atoms. The van der Waals surface area contributed by atoms with Crippen LogP contribution in [0, 0.1) is 11.8 Å². The van der Waals surface area contributed by atoms with Crippen molar-refractivity contribution in [3.05, 3.63) is 0 Å². The van der Waals surface area contributed by atoms with Gasteiger partial charge in [0.15, 0.2) is 0 Å². The van der Waals surface area contributed by atoms with Gasteiger partial charge in [0.05, 0.1) is 0 Å². The number of hydrogen-bond donors (Lipinski definition) is 1. The number of unbranched alkanes of at least 4 members (excludes halogenated alkanes) is 2. The summed E-state index contributed by atoms with van der Waals surface area (Å²) in [6, 6.07) is 0. The third kappa shape index (κ3) is 2.82. The van der Waals surface area contributed by atoms with E-state index < -0.39 is 0 Å². The summed E-state index contributed by atoms with van der Waals surface area (Å²) in [6.07, 6.45) is 5.04. The Morgan fingerprint density at radius 2 is 2.07 bits per heavy atom. The Hall–Kier alpha value is -0.860. The Bertz CT molecular complexity index is 225. The molecule has 0 aromatic heterocycles. The van der Waals surface area contributed by atoms with Crippen LogP contribution < -0.4 is 5.32 Å². The minimum absolute atomic E-state index is 0.00422. The molecule has 2 unspecified atom stereocenters. The number of imide groups is 1. The first-order valence-electron chi connectivity index (χ1n) is 5.48. The molecule has 0 aromatic carbocycles. The number of rotatable bonds is 4. The van der Waals surface area contributed by atoms with E-state index in [4.69, 9.17) is 0 Å². The lowest BCUT2D eigenvalue weighted by Crippen LogP contribution is -2.44. The molecular formula is C11H19NO2. The number of carbonyl (C=O) groups is 2. The normalized spacial score (nSPS) is 27.6. The van der Waals surface area contributed by atoms with E-state index in [2.05, 4.69) is 12.2 Å². The zero-order valence-corrected chi connectivity index (χ0v) is 9.01. The van der Waals surface area contributed by atoms with E-state index in [1.807, 2.05) is 6.92 Å². The van der Waals surface area contributed by atoms with Crippen LogP contribution >= 0.6 is 0 Å². The van der Waals surface area contributed by atoms with E-state index in [9.17, 15) is 9.59 Å². The van der Waals surface area contributed by atoms with Gasteiger partial charge in [0.2, 0.25) is 11.8 Å².